The zero-order valence-corrected chi connectivity index (χ0v) is 16.2. The van der Waals surface area contributed by atoms with Crippen LogP contribution >= 0.6 is 0 Å². The second-order valence-electron chi connectivity index (χ2n) is 7.67. The number of aryl methyl sites for hydroxylation is 2. The summed E-state index contributed by atoms with van der Waals surface area (Å²) in [5.74, 6) is 0. The molecular formula is C28H22. The van der Waals surface area contributed by atoms with Gasteiger partial charge in [0.2, 0.25) is 0 Å². The van der Waals surface area contributed by atoms with E-state index in [4.69, 9.17) is 0 Å². The molecule has 0 aliphatic heterocycles. The van der Waals surface area contributed by atoms with E-state index >= 15 is 0 Å². The maximum absolute atomic E-state index is 2.33. The molecule has 0 aliphatic carbocycles. The van der Waals surface area contributed by atoms with Crippen molar-refractivity contribution >= 4 is 21.5 Å². The van der Waals surface area contributed by atoms with Crippen LogP contribution in [0.5, 0.6) is 0 Å². The van der Waals surface area contributed by atoms with Gasteiger partial charge in [-0.1, -0.05) is 90.0 Å². The molecule has 0 fully saturated rings. The van der Waals surface area contributed by atoms with Crippen LogP contribution in [0, 0.1) is 13.8 Å². The minimum absolute atomic E-state index is 1.26. The molecule has 0 aromatic heterocycles. The molecule has 5 rings (SSSR count). The lowest BCUT2D eigenvalue weighted by Gasteiger charge is -2.10. The van der Waals surface area contributed by atoms with Crippen molar-refractivity contribution in [2.45, 2.75) is 13.8 Å². The molecule has 0 saturated carbocycles. The van der Waals surface area contributed by atoms with Crippen molar-refractivity contribution in [1.29, 1.82) is 0 Å². The van der Waals surface area contributed by atoms with E-state index in [0.717, 1.165) is 0 Å². The molecule has 0 spiro atoms. The summed E-state index contributed by atoms with van der Waals surface area (Å²) in [5, 5.41) is 5.16. The van der Waals surface area contributed by atoms with Crippen molar-refractivity contribution in [2.24, 2.45) is 0 Å². The summed E-state index contributed by atoms with van der Waals surface area (Å²) >= 11 is 0. The maximum Gasteiger partial charge on any atom is -0.00990 e. The van der Waals surface area contributed by atoms with Crippen LogP contribution in [0.2, 0.25) is 0 Å². The molecular weight excluding hydrogens is 336 g/mol. The van der Waals surface area contributed by atoms with Crippen LogP contribution < -0.4 is 0 Å². The van der Waals surface area contributed by atoms with Gasteiger partial charge in [-0.15, -0.1) is 0 Å². The van der Waals surface area contributed by atoms with Gasteiger partial charge in [-0.05, 0) is 75.8 Å². The number of benzene rings is 5. The first-order chi connectivity index (χ1) is 13.7. The van der Waals surface area contributed by atoms with Crippen LogP contribution in [-0.2, 0) is 0 Å². The van der Waals surface area contributed by atoms with Gasteiger partial charge in [0.05, 0.1) is 0 Å². The molecule has 5 aromatic carbocycles. The lowest BCUT2D eigenvalue weighted by atomic mass is 9.94. The van der Waals surface area contributed by atoms with Gasteiger partial charge in [-0.3, -0.25) is 0 Å². The van der Waals surface area contributed by atoms with Crippen LogP contribution in [0.1, 0.15) is 11.1 Å². The third kappa shape index (κ3) is 2.97. The van der Waals surface area contributed by atoms with Crippen molar-refractivity contribution in [3.8, 4) is 22.3 Å². The molecule has 0 aliphatic rings. The van der Waals surface area contributed by atoms with Crippen molar-refractivity contribution in [2.75, 3.05) is 0 Å². The van der Waals surface area contributed by atoms with Gasteiger partial charge in [0, 0.05) is 0 Å². The average molecular weight is 358 g/mol. The second-order valence-corrected chi connectivity index (χ2v) is 7.67. The Bertz CT molecular complexity index is 1290. The standard InChI is InChI=1S/C28H22/c1-19-6-10-21(11-7-19)23-14-15-24-18-28-25(17-26(24)16-23)4-3-5-27(28)22-12-8-20(2)9-13-22/h3-18H,1-2H3. The fourth-order valence-electron chi connectivity index (χ4n) is 3.93. The number of hydrogen-bond donors (Lipinski definition) is 0. The molecule has 0 radical (unpaired) electrons. The first-order valence-electron chi connectivity index (χ1n) is 9.78. The molecule has 0 amide bonds. The molecule has 0 N–H and O–H groups in total. The quantitative estimate of drug-likeness (QED) is 0.281. The Labute approximate surface area is 166 Å². The van der Waals surface area contributed by atoms with E-state index in [2.05, 4.69) is 111 Å². The maximum atomic E-state index is 2.33. The summed E-state index contributed by atoms with van der Waals surface area (Å²) in [6.45, 7) is 4.26. The summed E-state index contributed by atoms with van der Waals surface area (Å²) in [7, 11) is 0. The van der Waals surface area contributed by atoms with Gasteiger partial charge in [0.1, 0.15) is 0 Å². The van der Waals surface area contributed by atoms with Gasteiger partial charge in [-0.2, -0.15) is 0 Å². The zero-order valence-electron chi connectivity index (χ0n) is 16.2. The summed E-state index contributed by atoms with van der Waals surface area (Å²) in [4.78, 5) is 0. The van der Waals surface area contributed by atoms with Crippen LogP contribution in [0.3, 0.4) is 0 Å². The molecule has 0 nitrogen and oxygen atoms in total. The van der Waals surface area contributed by atoms with E-state index in [1.165, 1.54) is 54.9 Å². The summed E-state index contributed by atoms with van der Waals surface area (Å²) in [5.41, 5.74) is 7.67. The van der Waals surface area contributed by atoms with Crippen LogP contribution in [0.4, 0.5) is 0 Å². The molecule has 0 bridgehead atoms. The molecule has 0 atom stereocenters. The highest BCUT2D eigenvalue weighted by Gasteiger charge is 2.07. The second kappa shape index (κ2) is 6.65. The molecule has 0 heteroatoms. The number of rotatable bonds is 2. The van der Waals surface area contributed by atoms with E-state index in [-0.39, 0.29) is 0 Å². The number of fused-ring (bicyclic) bond motifs is 2. The van der Waals surface area contributed by atoms with Crippen LogP contribution in [0.25, 0.3) is 43.8 Å². The van der Waals surface area contributed by atoms with Crippen LogP contribution in [0.15, 0.2) is 97.1 Å². The first-order valence-corrected chi connectivity index (χ1v) is 9.78. The Morgan fingerprint density at radius 3 is 1.79 bits per heavy atom. The average Bonchev–Trinajstić information content (AvgIpc) is 2.73. The lowest BCUT2D eigenvalue weighted by molar-refractivity contribution is 1.47. The fourth-order valence-corrected chi connectivity index (χ4v) is 3.93. The Morgan fingerprint density at radius 2 is 1.07 bits per heavy atom. The topological polar surface area (TPSA) is 0 Å². The van der Waals surface area contributed by atoms with Gasteiger partial charge in [0.15, 0.2) is 0 Å². The van der Waals surface area contributed by atoms with E-state index in [1.807, 2.05) is 0 Å². The van der Waals surface area contributed by atoms with Crippen LogP contribution in [-0.4, -0.2) is 0 Å². The summed E-state index contributed by atoms with van der Waals surface area (Å²) in [6.07, 6.45) is 0. The van der Waals surface area contributed by atoms with Gasteiger partial charge in [-0.25, -0.2) is 0 Å². The van der Waals surface area contributed by atoms with Gasteiger partial charge < -0.3 is 0 Å². The predicted molar refractivity (Wildman–Crippen MR) is 122 cm³/mol. The van der Waals surface area contributed by atoms with E-state index in [0.29, 0.717) is 0 Å². The molecule has 5 aromatic rings. The smallest absolute Gasteiger partial charge is 0.00990 e. The predicted octanol–water partition coefficient (Wildman–Crippen LogP) is 7.94. The summed E-state index contributed by atoms with van der Waals surface area (Å²) < 4.78 is 0. The normalized spacial score (nSPS) is 11.2. The minimum Gasteiger partial charge on any atom is -0.0610 e. The Kier molecular flexibility index (Phi) is 3.98. The molecule has 28 heavy (non-hydrogen) atoms. The van der Waals surface area contributed by atoms with Crippen molar-refractivity contribution < 1.29 is 0 Å². The van der Waals surface area contributed by atoms with Crippen molar-refractivity contribution in [3.05, 3.63) is 108 Å². The van der Waals surface area contributed by atoms with E-state index in [9.17, 15) is 0 Å². The minimum atomic E-state index is 1.26. The lowest BCUT2D eigenvalue weighted by Crippen LogP contribution is -1.84. The highest BCUT2D eigenvalue weighted by Crippen LogP contribution is 2.33. The van der Waals surface area contributed by atoms with E-state index in [1.54, 1.807) is 0 Å². The zero-order chi connectivity index (χ0) is 19.1. The largest absolute Gasteiger partial charge is 0.0610 e. The Hall–Kier alpha value is -3.38. The monoisotopic (exact) mass is 358 g/mol. The fraction of sp³-hybridized carbons (Fsp3) is 0.0714. The number of hydrogen-bond acceptors (Lipinski definition) is 0. The molecule has 0 heterocycles. The van der Waals surface area contributed by atoms with E-state index < -0.39 is 0 Å². The SMILES string of the molecule is Cc1ccc(-c2ccc3cc4c(-c5ccc(C)cc5)cccc4cc3c2)cc1. The highest BCUT2D eigenvalue weighted by atomic mass is 14.1. The molecule has 0 unspecified atom stereocenters. The summed E-state index contributed by atoms with van der Waals surface area (Å²) in [6, 6.07) is 35.6. The third-order valence-corrected chi connectivity index (χ3v) is 5.58. The highest BCUT2D eigenvalue weighted by molar-refractivity contribution is 6.05. The Balaban J connectivity index is 1.68. The van der Waals surface area contributed by atoms with Gasteiger partial charge in [0.25, 0.3) is 0 Å². The van der Waals surface area contributed by atoms with Crippen molar-refractivity contribution in [1.82, 2.24) is 0 Å². The molecule has 0 saturated heterocycles. The molecule has 134 valence electrons. The first kappa shape index (κ1) is 16.8. The van der Waals surface area contributed by atoms with Crippen molar-refractivity contribution in [3.63, 3.8) is 0 Å². The van der Waals surface area contributed by atoms with Gasteiger partial charge >= 0.3 is 0 Å². The Morgan fingerprint density at radius 1 is 0.429 bits per heavy atom. The third-order valence-electron chi connectivity index (χ3n) is 5.58.